The Morgan fingerprint density at radius 3 is 2.32 bits per heavy atom. The predicted octanol–water partition coefficient (Wildman–Crippen LogP) is 6.91. The number of carbonyl (C=O) groups is 2. The molecule has 0 aromatic heterocycles. The van der Waals surface area contributed by atoms with E-state index in [1.165, 1.54) is 6.21 Å². The molecular formula is C29H22BrClN2O4. The Labute approximate surface area is 228 Å². The first-order valence-corrected chi connectivity index (χ1v) is 12.5. The summed E-state index contributed by atoms with van der Waals surface area (Å²) in [4.78, 5) is 25.1. The van der Waals surface area contributed by atoms with Crippen molar-refractivity contribution in [1.82, 2.24) is 5.43 Å². The fourth-order valence-electron chi connectivity index (χ4n) is 3.37. The number of rotatable bonds is 8. The molecule has 0 aliphatic rings. The number of esters is 1. The summed E-state index contributed by atoms with van der Waals surface area (Å²) in [6.45, 7) is 1.63. The van der Waals surface area contributed by atoms with Gasteiger partial charge in [-0.25, -0.2) is 10.2 Å². The van der Waals surface area contributed by atoms with Crippen molar-refractivity contribution in [3.63, 3.8) is 0 Å². The molecule has 0 fully saturated rings. The molecule has 4 aromatic rings. The Balaban J connectivity index is 1.37. The molecule has 0 spiro atoms. The minimum Gasteiger partial charge on any atom is -0.481 e. The number of nitrogens with zero attached hydrogens (tertiary/aromatic N) is 1. The summed E-state index contributed by atoms with van der Waals surface area (Å²) >= 11 is 9.49. The van der Waals surface area contributed by atoms with Crippen LogP contribution in [0.1, 0.15) is 22.8 Å². The third kappa shape index (κ3) is 7.06. The lowest BCUT2D eigenvalue weighted by Crippen LogP contribution is -2.33. The average molecular weight is 578 g/mol. The summed E-state index contributed by atoms with van der Waals surface area (Å²) in [5, 5.41) is 4.30. The van der Waals surface area contributed by atoms with Crippen LogP contribution in [0.4, 0.5) is 0 Å². The van der Waals surface area contributed by atoms with Crippen molar-refractivity contribution >= 4 is 45.6 Å². The maximum absolute atomic E-state index is 12.6. The number of benzene rings is 4. The van der Waals surface area contributed by atoms with E-state index in [4.69, 9.17) is 21.1 Å². The van der Waals surface area contributed by atoms with Gasteiger partial charge in [-0.3, -0.25) is 4.79 Å². The number of hydrogen-bond acceptors (Lipinski definition) is 5. The minimum absolute atomic E-state index is 0.242. The number of carbonyl (C=O) groups excluding carboxylic acids is 2. The van der Waals surface area contributed by atoms with Crippen LogP contribution in [0, 0.1) is 0 Å². The molecule has 0 aliphatic carbocycles. The van der Waals surface area contributed by atoms with E-state index in [1.54, 1.807) is 49.4 Å². The van der Waals surface area contributed by atoms with Gasteiger partial charge in [-0.15, -0.1) is 0 Å². The van der Waals surface area contributed by atoms with Gasteiger partial charge in [0.1, 0.15) is 11.5 Å². The third-order valence-corrected chi connectivity index (χ3v) is 6.11. The zero-order valence-electron chi connectivity index (χ0n) is 19.7. The van der Waals surface area contributed by atoms with Crippen LogP contribution < -0.4 is 14.9 Å². The SMILES string of the molecule is C[C@@H](Oc1ccc(-c2ccccc2)cc1)C(=O)N/N=C\c1cc(Br)ccc1OC(=O)c1ccccc1Cl. The summed E-state index contributed by atoms with van der Waals surface area (Å²) < 4.78 is 12.0. The van der Waals surface area contributed by atoms with Crippen molar-refractivity contribution in [2.75, 3.05) is 0 Å². The van der Waals surface area contributed by atoms with Crippen LogP contribution >= 0.6 is 27.5 Å². The van der Waals surface area contributed by atoms with Gasteiger partial charge in [0.25, 0.3) is 5.91 Å². The topological polar surface area (TPSA) is 77.0 Å². The fourth-order valence-corrected chi connectivity index (χ4v) is 3.96. The maximum Gasteiger partial charge on any atom is 0.345 e. The molecule has 186 valence electrons. The van der Waals surface area contributed by atoms with Gasteiger partial charge in [0.05, 0.1) is 16.8 Å². The second kappa shape index (κ2) is 12.3. The molecule has 8 heteroatoms. The Morgan fingerprint density at radius 2 is 1.59 bits per heavy atom. The molecule has 4 rings (SSSR count). The number of amides is 1. The first-order valence-electron chi connectivity index (χ1n) is 11.3. The first kappa shape index (κ1) is 26.1. The van der Waals surface area contributed by atoms with Gasteiger partial charge in [0.15, 0.2) is 6.10 Å². The van der Waals surface area contributed by atoms with Crippen molar-refractivity contribution < 1.29 is 19.1 Å². The monoisotopic (exact) mass is 576 g/mol. The molecule has 0 heterocycles. The largest absolute Gasteiger partial charge is 0.481 e. The summed E-state index contributed by atoms with van der Waals surface area (Å²) in [7, 11) is 0. The van der Waals surface area contributed by atoms with E-state index in [0.717, 1.165) is 15.6 Å². The van der Waals surface area contributed by atoms with E-state index in [9.17, 15) is 9.59 Å². The second-order valence-corrected chi connectivity index (χ2v) is 9.26. The Morgan fingerprint density at radius 1 is 0.919 bits per heavy atom. The molecule has 0 saturated carbocycles. The summed E-state index contributed by atoms with van der Waals surface area (Å²) in [6.07, 6.45) is 0.596. The van der Waals surface area contributed by atoms with Crippen LogP contribution in [0.5, 0.6) is 11.5 Å². The van der Waals surface area contributed by atoms with Crippen molar-refractivity contribution in [2.24, 2.45) is 5.10 Å². The van der Waals surface area contributed by atoms with Gasteiger partial charge in [0.2, 0.25) is 0 Å². The lowest BCUT2D eigenvalue weighted by molar-refractivity contribution is -0.127. The van der Waals surface area contributed by atoms with Gasteiger partial charge in [-0.1, -0.05) is 82.1 Å². The van der Waals surface area contributed by atoms with E-state index in [1.807, 2.05) is 54.6 Å². The van der Waals surface area contributed by atoms with Crippen molar-refractivity contribution in [3.05, 3.63) is 118 Å². The van der Waals surface area contributed by atoms with E-state index >= 15 is 0 Å². The fraction of sp³-hybridized carbons (Fsp3) is 0.0690. The smallest absolute Gasteiger partial charge is 0.345 e. The Bertz CT molecular complexity index is 1430. The van der Waals surface area contributed by atoms with Crippen LogP contribution in [0.2, 0.25) is 5.02 Å². The van der Waals surface area contributed by atoms with Gasteiger partial charge < -0.3 is 9.47 Å². The molecule has 0 bridgehead atoms. The molecule has 1 amide bonds. The molecule has 0 unspecified atom stereocenters. The van der Waals surface area contributed by atoms with E-state index in [0.29, 0.717) is 11.3 Å². The molecule has 0 radical (unpaired) electrons. The van der Waals surface area contributed by atoms with Gasteiger partial charge in [-0.2, -0.15) is 5.10 Å². The number of nitrogens with one attached hydrogen (secondary N) is 1. The molecule has 4 aromatic carbocycles. The van der Waals surface area contributed by atoms with E-state index < -0.39 is 18.0 Å². The number of hydrogen-bond donors (Lipinski definition) is 1. The first-order chi connectivity index (χ1) is 17.9. The Hall–Kier alpha value is -3.94. The van der Waals surface area contributed by atoms with Crippen molar-refractivity contribution in [3.8, 4) is 22.6 Å². The van der Waals surface area contributed by atoms with Crippen molar-refractivity contribution in [2.45, 2.75) is 13.0 Å². The lowest BCUT2D eigenvalue weighted by Gasteiger charge is -2.13. The molecule has 37 heavy (non-hydrogen) atoms. The number of halogens is 2. The van der Waals surface area contributed by atoms with Crippen LogP contribution in [0.3, 0.4) is 0 Å². The predicted molar refractivity (Wildman–Crippen MR) is 148 cm³/mol. The average Bonchev–Trinajstić information content (AvgIpc) is 2.91. The summed E-state index contributed by atoms with van der Waals surface area (Å²) in [5.41, 5.74) is 5.32. The molecule has 0 aliphatic heterocycles. The molecule has 0 saturated heterocycles. The van der Waals surface area contributed by atoms with Gasteiger partial charge in [-0.05, 0) is 60.5 Å². The highest BCUT2D eigenvalue weighted by atomic mass is 79.9. The van der Waals surface area contributed by atoms with Gasteiger partial charge >= 0.3 is 5.97 Å². The minimum atomic E-state index is -0.792. The van der Waals surface area contributed by atoms with Crippen LogP contribution in [-0.4, -0.2) is 24.2 Å². The second-order valence-electron chi connectivity index (χ2n) is 7.94. The highest BCUT2D eigenvalue weighted by molar-refractivity contribution is 9.10. The normalized spacial score (nSPS) is 11.6. The summed E-state index contributed by atoms with van der Waals surface area (Å²) in [5.74, 6) is -0.221. The molecular weight excluding hydrogens is 556 g/mol. The quantitative estimate of drug-likeness (QED) is 0.107. The number of ether oxygens (including phenoxy) is 2. The van der Waals surface area contributed by atoms with E-state index in [2.05, 4.69) is 26.5 Å². The molecule has 1 atom stereocenters. The van der Waals surface area contributed by atoms with E-state index in [-0.39, 0.29) is 16.3 Å². The zero-order valence-corrected chi connectivity index (χ0v) is 22.1. The molecule has 6 nitrogen and oxygen atoms in total. The zero-order chi connectivity index (χ0) is 26.2. The summed E-state index contributed by atoms with van der Waals surface area (Å²) in [6, 6.07) is 29.1. The Kier molecular flexibility index (Phi) is 8.72. The highest BCUT2D eigenvalue weighted by Gasteiger charge is 2.16. The lowest BCUT2D eigenvalue weighted by atomic mass is 10.1. The van der Waals surface area contributed by atoms with Crippen LogP contribution in [0.15, 0.2) is 107 Å². The molecule has 1 N–H and O–H groups in total. The standard InChI is InChI=1S/C29H22BrClN2O4/c1-19(36-24-14-11-21(12-15-24)20-7-3-2-4-8-20)28(34)33-32-18-22-17-23(30)13-16-27(22)37-29(35)25-9-5-6-10-26(25)31/h2-19H,1H3,(H,33,34)/b32-18-/t19-/m1/s1. The van der Waals surface area contributed by atoms with Gasteiger partial charge in [0, 0.05) is 10.0 Å². The van der Waals surface area contributed by atoms with Crippen LogP contribution in [0.25, 0.3) is 11.1 Å². The van der Waals surface area contributed by atoms with Crippen LogP contribution in [-0.2, 0) is 4.79 Å². The maximum atomic E-state index is 12.6. The third-order valence-electron chi connectivity index (χ3n) is 5.29. The van der Waals surface area contributed by atoms with Crippen molar-refractivity contribution in [1.29, 1.82) is 0 Å². The number of hydrazone groups is 1. The highest BCUT2D eigenvalue weighted by Crippen LogP contribution is 2.25.